The van der Waals surface area contributed by atoms with Crippen molar-refractivity contribution in [3.8, 4) is 0 Å². The second kappa shape index (κ2) is 8.24. The summed E-state index contributed by atoms with van der Waals surface area (Å²) in [5.41, 5.74) is 1.00. The molecule has 5 heteroatoms. The van der Waals surface area contributed by atoms with Crippen molar-refractivity contribution in [3.05, 3.63) is 48.0 Å². The van der Waals surface area contributed by atoms with Crippen LogP contribution in [0.4, 0.5) is 0 Å². The monoisotopic (exact) mass is 327 g/mol. The summed E-state index contributed by atoms with van der Waals surface area (Å²) in [5, 5.41) is 5.00. The molecule has 2 aromatic rings. The quantitative estimate of drug-likeness (QED) is 0.794. The summed E-state index contributed by atoms with van der Waals surface area (Å²) in [6, 6.07) is 13.7. The van der Waals surface area contributed by atoms with Gasteiger partial charge in [0.05, 0.1) is 12.5 Å². The van der Waals surface area contributed by atoms with E-state index in [4.69, 9.17) is 4.74 Å². The molecule has 0 aliphatic carbocycles. The number of ether oxygens (including phenoxy) is 1. The second-order valence-electron chi connectivity index (χ2n) is 5.72. The largest absolute Gasteiger partial charge is 0.456 e. The number of rotatable bonds is 7. The van der Waals surface area contributed by atoms with Crippen LogP contribution in [-0.4, -0.2) is 24.3 Å². The van der Waals surface area contributed by atoms with Gasteiger partial charge in [0.2, 0.25) is 0 Å². The Morgan fingerprint density at radius 1 is 1.04 bits per heavy atom. The van der Waals surface area contributed by atoms with E-state index < -0.39 is 5.97 Å². The zero-order valence-corrected chi connectivity index (χ0v) is 13.9. The van der Waals surface area contributed by atoms with Gasteiger partial charge >= 0.3 is 5.97 Å². The van der Waals surface area contributed by atoms with E-state index in [2.05, 4.69) is 5.32 Å². The molecule has 0 fully saturated rings. The molecule has 0 aromatic heterocycles. The Kier molecular flexibility index (Phi) is 6.07. The van der Waals surface area contributed by atoms with E-state index >= 15 is 0 Å². The van der Waals surface area contributed by atoms with Gasteiger partial charge < -0.3 is 14.8 Å². The Hall–Kier alpha value is -2.69. The fourth-order valence-electron chi connectivity index (χ4n) is 2.49. The average Bonchev–Trinajstić information content (AvgIpc) is 2.57. The van der Waals surface area contributed by atoms with Gasteiger partial charge in [-0.3, -0.25) is 9.59 Å². The van der Waals surface area contributed by atoms with E-state index in [1.807, 2.05) is 49.4 Å². The molecule has 0 saturated heterocycles. The Morgan fingerprint density at radius 2 is 1.75 bits per heavy atom. The molecule has 5 nitrogen and oxygen atoms in total. The number of Topliss-reactive ketones (excluding diaryl/α,β-unsaturated/α-hetero) is 1. The fraction of sp³-hybridized carbons (Fsp3) is 0.316. The number of amides is 1. The first-order valence-corrected chi connectivity index (χ1v) is 7.89. The van der Waals surface area contributed by atoms with E-state index in [9.17, 15) is 14.4 Å². The van der Waals surface area contributed by atoms with E-state index in [0.717, 1.165) is 16.3 Å². The first kappa shape index (κ1) is 17.7. The van der Waals surface area contributed by atoms with Gasteiger partial charge in [-0.2, -0.15) is 0 Å². The molecule has 2 rings (SSSR count). The first-order chi connectivity index (χ1) is 11.5. The van der Waals surface area contributed by atoms with Gasteiger partial charge in [-0.25, -0.2) is 0 Å². The zero-order valence-electron chi connectivity index (χ0n) is 13.9. The molecule has 0 radical (unpaired) electrons. The Bertz CT molecular complexity index is 749. The summed E-state index contributed by atoms with van der Waals surface area (Å²) in [7, 11) is 0. The lowest BCUT2D eigenvalue weighted by Crippen LogP contribution is -2.31. The van der Waals surface area contributed by atoms with Crippen LogP contribution < -0.4 is 5.32 Å². The third-order valence-corrected chi connectivity index (χ3v) is 3.71. The van der Waals surface area contributed by atoms with Crippen molar-refractivity contribution in [1.29, 1.82) is 0 Å². The summed E-state index contributed by atoms with van der Waals surface area (Å²) in [6.45, 7) is 2.95. The summed E-state index contributed by atoms with van der Waals surface area (Å²) in [4.78, 5) is 34.2. The molecule has 1 N–H and O–H groups in total. The molecular formula is C19H21NO4. The molecule has 0 aliphatic heterocycles. The zero-order chi connectivity index (χ0) is 17.5. The smallest absolute Gasteiger partial charge is 0.306 e. The summed E-state index contributed by atoms with van der Waals surface area (Å²) < 4.78 is 4.88. The van der Waals surface area contributed by atoms with Crippen LogP contribution in [0.5, 0.6) is 0 Å². The Labute approximate surface area is 141 Å². The molecule has 0 heterocycles. The number of fused-ring (bicyclic) bond motifs is 1. The minimum absolute atomic E-state index is 0.00148. The number of hydrogen-bond acceptors (Lipinski definition) is 4. The maximum atomic E-state index is 12.0. The predicted molar refractivity (Wildman–Crippen MR) is 91.4 cm³/mol. The summed E-state index contributed by atoms with van der Waals surface area (Å²) in [5.74, 6) is -0.995. The third-order valence-electron chi connectivity index (χ3n) is 3.71. The number of hydrogen-bond donors (Lipinski definition) is 1. The maximum absolute atomic E-state index is 12.0. The van der Waals surface area contributed by atoms with E-state index in [0.29, 0.717) is 0 Å². The molecule has 2 aromatic carbocycles. The van der Waals surface area contributed by atoms with Crippen LogP contribution in [0.2, 0.25) is 0 Å². The van der Waals surface area contributed by atoms with Crippen molar-refractivity contribution in [3.63, 3.8) is 0 Å². The van der Waals surface area contributed by atoms with Crippen LogP contribution in [0.25, 0.3) is 10.8 Å². The number of esters is 1. The molecule has 0 aliphatic rings. The number of benzene rings is 2. The molecule has 24 heavy (non-hydrogen) atoms. The molecule has 1 amide bonds. The molecular weight excluding hydrogens is 306 g/mol. The van der Waals surface area contributed by atoms with Crippen molar-refractivity contribution in [2.75, 3.05) is 6.61 Å². The van der Waals surface area contributed by atoms with Crippen molar-refractivity contribution in [1.82, 2.24) is 5.32 Å². The highest BCUT2D eigenvalue weighted by atomic mass is 16.5. The van der Waals surface area contributed by atoms with Gasteiger partial charge in [0.15, 0.2) is 6.61 Å². The third kappa shape index (κ3) is 4.91. The van der Waals surface area contributed by atoms with Gasteiger partial charge in [-0.1, -0.05) is 42.5 Å². The molecule has 0 unspecified atom stereocenters. The van der Waals surface area contributed by atoms with Gasteiger partial charge in [0, 0.05) is 6.42 Å². The van der Waals surface area contributed by atoms with Gasteiger partial charge in [-0.15, -0.1) is 0 Å². The van der Waals surface area contributed by atoms with Crippen molar-refractivity contribution in [2.24, 2.45) is 0 Å². The lowest BCUT2D eigenvalue weighted by Gasteiger charge is -2.16. The van der Waals surface area contributed by atoms with Gasteiger partial charge in [-0.05, 0) is 30.2 Å². The van der Waals surface area contributed by atoms with Crippen molar-refractivity contribution in [2.45, 2.75) is 32.7 Å². The fourth-order valence-corrected chi connectivity index (χ4v) is 2.49. The summed E-state index contributed by atoms with van der Waals surface area (Å²) in [6.07, 6.45) is 0.133. The molecule has 1 atom stereocenters. The van der Waals surface area contributed by atoms with Crippen molar-refractivity contribution >= 4 is 28.4 Å². The van der Waals surface area contributed by atoms with E-state index in [-0.39, 0.29) is 37.2 Å². The molecule has 126 valence electrons. The van der Waals surface area contributed by atoms with Crippen LogP contribution in [0.1, 0.15) is 38.3 Å². The Morgan fingerprint density at radius 3 is 2.50 bits per heavy atom. The first-order valence-electron chi connectivity index (χ1n) is 7.89. The van der Waals surface area contributed by atoms with Crippen LogP contribution >= 0.6 is 0 Å². The molecule has 0 spiro atoms. The minimum Gasteiger partial charge on any atom is -0.456 e. The highest BCUT2D eigenvalue weighted by Gasteiger charge is 2.14. The standard InChI is InChI=1S/C19H21NO4/c1-13(21)10-11-19(23)24-12-18(22)20-14(2)16-9-5-7-15-6-3-4-8-17(15)16/h3-9,14H,10-12H2,1-2H3,(H,20,22)/t14-/m0/s1. The minimum atomic E-state index is -0.543. The van der Waals surface area contributed by atoms with E-state index in [1.165, 1.54) is 6.92 Å². The number of carbonyl (C=O) groups excluding carboxylic acids is 3. The number of nitrogens with one attached hydrogen (secondary N) is 1. The van der Waals surface area contributed by atoms with E-state index in [1.54, 1.807) is 0 Å². The van der Waals surface area contributed by atoms with Crippen LogP contribution in [0.3, 0.4) is 0 Å². The van der Waals surface area contributed by atoms with Gasteiger partial charge in [0.1, 0.15) is 5.78 Å². The molecule has 0 saturated carbocycles. The van der Waals surface area contributed by atoms with Crippen molar-refractivity contribution < 1.29 is 19.1 Å². The lowest BCUT2D eigenvalue weighted by atomic mass is 10.00. The topological polar surface area (TPSA) is 72.5 Å². The van der Waals surface area contributed by atoms with Crippen LogP contribution in [0, 0.1) is 0 Å². The molecule has 0 bridgehead atoms. The highest BCUT2D eigenvalue weighted by Crippen LogP contribution is 2.23. The van der Waals surface area contributed by atoms with Gasteiger partial charge in [0.25, 0.3) is 5.91 Å². The second-order valence-corrected chi connectivity index (χ2v) is 5.72. The Balaban J connectivity index is 1.91. The van der Waals surface area contributed by atoms with Crippen LogP contribution in [0.15, 0.2) is 42.5 Å². The maximum Gasteiger partial charge on any atom is 0.306 e. The SMILES string of the molecule is CC(=O)CCC(=O)OCC(=O)N[C@@H](C)c1cccc2ccccc12. The average molecular weight is 327 g/mol. The number of carbonyl (C=O) groups is 3. The normalized spacial score (nSPS) is 11.8. The lowest BCUT2D eigenvalue weighted by molar-refractivity contribution is -0.149. The predicted octanol–water partition coefficient (Wildman–Crippen LogP) is 2.93. The van der Waals surface area contributed by atoms with Crippen LogP contribution in [-0.2, 0) is 19.1 Å². The summed E-state index contributed by atoms with van der Waals surface area (Å²) >= 11 is 0. The number of ketones is 1. The highest BCUT2D eigenvalue weighted by molar-refractivity contribution is 5.87.